The van der Waals surface area contributed by atoms with Crippen LogP contribution >= 0.6 is 11.5 Å². The Kier molecular flexibility index (Phi) is 5.14. The van der Waals surface area contributed by atoms with E-state index in [1.54, 1.807) is 11.5 Å². The van der Waals surface area contributed by atoms with Crippen LogP contribution < -0.4 is 0 Å². The average Bonchev–Trinajstić information content (AvgIpc) is 2.32. The second kappa shape index (κ2) is 5.05. The summed E-state index contributed by atoms with van der Waals surface area (Å²) in [5, 5.41) is 0. The van der Waals surface area contributed by atoms with Crippen molar-refractivity contribution in [3.8, 4) is 0 Å². The predicted octanol–water partition coefficient (Wildman–Crippen LogP) is 3.19. The van der Waals surface area contributed by atoms with Crippen LogP contribution in [0.5, 0.6) is 0 Å². The van der Waals surface area contributed by atoms with E-state index in [0.29, 0.717) is 11.8 Å². The van der Waals surface area contributed by atoms with Crippen molar-refractivity contribution in [3.05, 3.63) is 16.6 Å². The second-order valence-electron chi connectivity index (χ2n) is 3.38. The minimum absolute atomic E-state index is 0. The first-order valence-corrected chi connectivity index (χ1v) is 4.77. The molecule has 0 saturated carbocycles. The molecule has 0 fully saturated rings. The normalized spacial score (nSPS) is 10.5. The molecule has 12 heavy (non-hydrogen) atoms. The third kappa shape index (κ3) is 2.61. The van der Waals surface area contributed by atoms with Crippen LogP contribution in [0.3, 0.4) is 0 Å². The van der Waals surface area contributed by atoms with Crippen molar-refractivity contribution in [1.82, 2.24) is 4.37 Å². The van der Waals surface area contributed by atoms with Crippen molar-refractivity contribution in [2.45, 2.75) is 39.5 Å². The first kappa shape index (κ1) is 12.2. The number of hydrogen-bond acceptors (Lipinski definition) is 2. The van der Waals surface area contributed by atoms with E-state index < -0.39 is 0 Å². The monoisotopic (exact) mass is 219 g/mol. The van der Waals surface area contributed by atoms with Gasteiger partial charge < -0.3 is 4.37 Å². The van der Waals surface area contributed by atoms with E-state index in [1.807, 2.05) is 0 Å². The zero-order valence-electron chi connectivity index (χ0n) is 7.96. The molecule has 67 valence electrons. The van der Waals surface area contributed by atoms with Gasteiger partial charge in [0.25, 0.3) is 0 Å². The Morgan fingerprint density at radius 3 is 2.08 bits per heavy atom. The van der Waals surface area contributed by atoms with Crippen molar-refractivity contribution >= 4 is 11.5 Å². The zero-order valence-corrected chi connectivity index (χ0v) is 10.2. The van der Waals surface area contributed by atoms with Crippen molar-refractivity contribution in [2.24, 2.45) is 0 Å². The molecule has 1 aromatic rings. The molecular weight excluding hydrogens is 205 g/mol. The van der Waals surface area contributed by atoms with Crippen molar-refractivity contribution in [2.75, 3.05) is 0 Å². The summed E-state index contributed by atoms with van der Waals surface area (Å²) >= 11 is 1.58. The van der Waals surface area contributed by atoms with Gasteiger partial charge in [-0.15, -0.1) is 11.1 Å². The van der Waals surface area contributed by atoms with Gasteiger partial charge in [0.2, 0.25) is 0 Å². The zero-order chi connectivity index (χ0) is 8.43. The van der Waals surface area contributed by atoms with Gasteiger partial charge in [-0.05, 0) is 0 Å². The predicted molar refractivity (Wildman–Crippen MR) is 49.1 cm³/mol. The van der Waals surface area contributed by atoms with Gasteiger partial charge in [0.1, 0.15) is 0 Å². The fourth-order valence-electron chi connectivity index (χ4n) is 1.06. The number of rotatable bonds is 2. The van der Waals surface area contributed by atoms with Crippen LogP contribution in [0.15, 0.2) is 0 Å². The molecule has 0 aliphatic carbocycles. The van der Waals surface area contributed by atoms with Crippen LogP contribution in [0.4, 0.5) is 0 Å². The topological polar surface area (TPSA) is 12.9 Å². The van der Waals surface area contributed by atoms with Gasteiger partial charge in [0, 0.05) is 18.6 Å². The molecule has 0 aliphatic heterocycles. The average molecular weight is 219 g/mol. The molecule has 0 spiro atoms. The Labute approximate surface area is 90.6 Å². The Morgan fingerprint density at radius 1 is 1.17 bits per heavy atom. The second-order valence-corrected chi connectivity index (χ2v) is 4.19. The van der Waals surface area contributed by atoms with E-state index in [1.165, 1.54) is 10.4 Å². The van der Waals surface area contributed by atoms with Gasteiger partial charge in [-0.25, -0.2) is 0 Å². The Bertz CT molecular complexity index is 208. The summed E-state index contributed by atoms with van der Waals surface area (Å²) in [6, 6.07) is 0. The van der Waals surface area contributed by atoms with E-state index >= 15 is 0 Å². The van der Waals surface area contributed by atoms with E-state index in [0.717, 1.165) is 0 Å². The summed E-state index contributed by atoms with van der Waals surface area (Å²) in [6.45, 7) is 8.78. The molecule has 0 amide bonds. The molecular formula is C9H14NSV-. The summed E-state index contributed by atoms with van der Waals surface area (Å²) in [7, 11) is 0. The van der Waals surface area contributed by atoms with E-state index in [2.05, 4.69) is 38.3 Å². The third-order valence-corrected chi connectivity index (χ3v) is 2.75. The molecule has 0 bridgehead atoms. The molecule has 0 atom stereocenters. The van der Waals surface area contributed by atoms with Crippen LogP contribution in [0.25, 0.3) is 0 Å². The molecule has 0 N–H and O–H groups in total. The summed E-state index contributed by atoms with van der Waals surface area (Å²) in [4.78, 5) is 1.39. The Hall–Kier alpha value is 0.214. The quantitative estimate of drug-likeness (QED) is 0.696. The van der Waals surface area contributed by atoms with Gasteiger partial charge in [-0.2, -0.15) is 17.1 Å². The maximum atomic E-state index is 4.08. The number of aromatic nitrogens is 1. The van der Waals surface area contributed by atoms with E-state index in [-0.39, 0.29) is 18.6 Å². The molecule has 0 unspecified atom stereocenters. The number of hydrogen-bond donors (Lipinski definition) is 0. The van der Waals surface area contributed by atoms with Crippen molar-refractivity contribution in [1.29, 1.82) is 0 Å². The SMILES string of the molecule is CC(C)c1[c-]nsc1C(C)C.[V]. The maximum absolute atomic E-state index is 4.08. The minimum Gasteiger partial charge on any atom is -0.324 e. The fourth-order valence-corrected chi connectivity index (χ4v) is 1.89. The van der Waals surface area contributed by atoms with Crippen LogP contribution in [-0.2, 0) is 18.6 Å². The minimum atomic E-state index is 0. The summed E-state index contributed by atoms with van der Waals surface area (Å²) in [5.74, 6) is 1.15. The van der Waals surface area contributed by atoms with Gasteiger partial charge in [0.15, 0.2) is 0 Å². The molecule has 1 aromatic heterocycles. The van der Waals surface area contributed by atoms with E-state index in [4.69, 9.17) is 0 Å². The fraction of sp³-hybridized carbons (Fsp3) is 0.667. The standard InChI is InChI=1S/C9H14NS.V/c1-6(2)8-5-10-11-9(8)7(3)4;/h6-7H,1-4H3;/q-1;. The van der Waals surface area contributed by atoms with Gasteiger partial charge in [0.05, 0.1) is 0 Å². The Balaban J connectivity index is 0.00000121. The molecule has 1 radical (unpaired) electrons. The number of nitrogens with zero attached hydrogens (tertiary/aromatic N) is 1. The summed E-state index contributed by atoms with van der Waals surface area (Å²) in [6.07, 6.45) is 3.06. The van der Waals surface area contributed by atoms with Gasteiger partial charge in [-0.3, -0.25) is 0 Å². The molecule has 0 aliphatic rings. The van der Waals surface area contributed by atoms with E-state index in [9.17, 15) is 0 Å². The summed E-state index contributed by atoms with van der Waals surface area (Å²) < 4.78 is 4.08. The first-order valence-electron chi connectivity index (χ1n) is 4.00. The first-order chi connectivity index (χ1) is 5.13. The van der Waals surface area contributed by atoms with Crippen LogP contribution in [0, 0.1) is 6.20 Å². The molecule has 0 aromatic carbocycles. The molecule has 3 heteroatoms. The molecule has 0 saturated heterocycles. The largest absolute Gasteiger partial charge is 0.324 e. The van der Waals surface area contributed by atoms with Crippen LogP contribution in [0.2, 0.25) is 0 Å². The van der Waals surface area contributed by atoms with Crippen LogP contribution in [0.1, 0.15) is 50.0 Å². The smallest absolute Gasteiger partial charge is 0 e. The molecule has 1 heterocycles. The third-order valence-electron chi connectivity index (χ3n) is 1.68. The van der Waals surface area contributed by atoms with Crippen molar-refractivity contribution < 1.29 is 18.6 Å². The van der Waals surface area contributed by atoms with Crippen molar-refractivity contribution in [3.63, 3.8) is 0 Å². The molecule has 1 rings (SSSR count). The van der Waals surface area contributed by atoms with Gasteiger partial charge >= 0.3 is 0 Å². The summed E-state index contributed by atoms with van der Waals surface area (Å²) in [5.41, 5.74) is 1.30. The molecule has 1 nitrogen and oxygen atoms in total. The maximum Gasteiger partial charge on any atom is 0 e. The Morgan fingerprint density at radius 2 is 1.75 bits per heavy atom. The van der Waals surface area contributed by atoms with Crippen LogP contribution in [-0.4, -0.2) is 4.37 Å². The van der Waals surface area contributed by atoms with Gasteiger partial charge in [-0.1, -0.05) is 39.5 Å².